The Morgan fingerprint density at radius 3 is 2.70 bits per heavy atom. The zero-order chi connectivity index (χ0) is 18.4. The molecule has 0 N–H and O–H groups in total. The highest BCUT2D eigenvalue weighted by atomic mass is 16.7. The van der Waals surface area contributed by atoms with Crippen LogP contribution in [0.4, 0.5) is 5.82 Å². The van der Waals surface area contributed by atoms with Crippen LogP contribution in [0.3, 0.4) is 0 Å². The molecule has 0 radical (unpaired) electrons. The summed E-state index contributed by atoms with van der Waals surface area (Å²) in [4.78, 5) is 13.8. The molecule has 0 amide bonds. The van der Waals surface area contributed by atoms with E-state index in [9.17, 15) is 0 Å². The number of benzene rings is 1. The first-order valence-electron chi connectivity index (χ1n) is 9.19. The third-order valence-electron chi connectivity index (χ3n) is 5.29. The molecule has 1 saturated heterocycles. The Bertz CT molecular complexity index is 993. The van der Waals surface area contributed by atoms with Crippen molar-refractivity contribution in [3.05, 3.63) is 35.8 Å². The van der Waals surface area contributed by atoms with Crippen molar-refractivity contribution >= 4 is 16.9 Å². The van der Waals surface area contributed by atoms with E-state index in [0.717, 1.165) is 66.8 Å². The molecule has 0 spiro atoms. The lowest BCUT2D eigenvalue weighted by molar-refractivity contribution is 0.174. The molecular weight excluding hydrogens is 344 g/mol. The highest BCUT2D eigenvalue weighted by Crippen LogP contribution is 2.33. The second-order valence-electron chi connectivity index (χ2n) is 7.06. The molecule has 3 aromatic rings. The van der Waals surface area contributed by atoms with Gasteiger partial charge in [0.25, 0.3) is 0 Å². The Labute approximate surface area is 157 Å². The zero-order valence-corrected chi connectivity index (χ0v) is 15.6. The van der Waals surface area contributed by atoms with Crippen LogP contribution in [0, 0.1) is 6.92 Å². The molecule has 8 heteroatoms. The predicted molar refractivity (Wildman–Crippen MR) is 101 cm³/mol. The number of aromatic nitrogens is 4. The van der Waals surface area contributed by atoms with Gasteiger partial charge in [-0.15, -0.1) is 0 Å². The molecule has 2 aromatic heterocycles. The smallest absolute Gasteiger partial charge is 0.231 e. The van der Waals surface area contributed by atoms with Crippen LogP contribution in [0.15, 0.2) is 24.5 Å². The van der Waals surface area contributed by atoms with Crippen molar-refractivity contribution < 1.29 is 9.47 Å². The van der Waals surface area contributed by atoms with Crippen molar-refractivity contribution in [1.29, 1.82) is 0 Å². The maximum atomic E-state index is 5.49. The van der Waals surface area contributed by atoms with Gasteiger partial charge in [0.2, 0.25) is 6.79 Å². The van der Waals surface area contributed by atoms with Crippen LogP contribution >= 0.6 is 0 Å². The topological polar surface area (TPSA) is 68.5 Å². The summed E-state index contributed by atoms with van der Waals surface area (Å²) in [5.74, 6) is 2.68. The molecule has 2 aliphatic rings. The van der Waals surface area contributed by atoms with Crippen LogP contribution in [-0.2, 0) is 13.6 Å². The van der Waals surface area contributed by atoms with Crippen molar-refractivity contribution in [3.8, 4) is 11.5 Å². The standard InChI is InChI=1S/C19H22N6O2/c1-13-17-18(23(2)22-13)20-11-21-19(17)25-7-5-24(6-8-25)10-14-3-4-15-16(9-14)27-12-26-15/h3-4,9,11H,5-8,10,12H2,1-2H3. The summed E-state index contributed by atoms with van der Waals surface area (Å²) in [5, 5.41) is 5.56. The van der Waals surface area contributed by atoms with E-state index in [1.54, 1.807) is 6.33 Å². The summed E-state index contributed by atoms with van der Waals surface area (Å²) < 4.78 is 12.7. The fourth-order valence-corrected chi connectivity index (χ4v) is 3.91. The second kappa shape index (κ2) is 6.38. The SMILES string of the molecule is Cc1nn(C)c2ncnc(N3CCN(Cc4ccc5c(c4)OCO5)CC3)c12. The minimum absolute atomic E-state index is 0.318. The maximum absolute atomic E-state index is 5.49. The number of anilines is 1. The second-order valence-corrected chi connectivity index (χ2v) is 7.06. The molecule has 5 rings (SSSR count). The van der Waals surface area contributed by atoms with E-state index in [4.69, 9.17) is 9.47 Å². The lowest BCUT2D eigenvalue weighted by atomic mass is 10.1. The van der Waals surface area contributed by atoms with E-state index in [1.807, 2.05) is 24.7 Å². The monoisotopic (exact) mass is 366 g/mol. The molecule has 1 fully saturated rings. The highest BCUT2D eigenvalue weighted by Gasteiger charge is 2.23. The average Bonchev–Trinajstić information content (AvgIpc) is 3.26. The summed E-state index contributed by atoms with van der Waals surface area (Å²) in [6, 6.07) is 6.20. The van der Waals surface area contributed by atoms with E-state index < -0.39 is 0 Å². The lowest BCUT2D eigenvalue weighted by Gasteiger charge is -2.35. The number of fused-ring (bicyclic) bond motifs is 2. The number of hydrogen-bond acceptors (Lipinski definition) is 7. The zero-order valence-electron chi connectivity index (χ0n) is 15.6. The number of hydrogen-bond donors (Lipinski definition) is 0. The minimum Gasteiger partial charge on any atom is -0.454 e. The molecule has 0 aliphatic carbocycles. The first kappa shape index (κ1) is 16.3. The van der Waals surface area contributed by atoms with Gasteiger partial charge in [0.05, 0.1) is 11.1 Å². The summed E-state index contributed by atoms with van der Waals surface area (Å²) in [6.45, 7) is 7.09. The largest absolute Gasteiger partial charge is 0.454 e. The Morgan fingerprint density at radius 2 is 1.85 bits per heavy atom. The Kier molecular flexibility index (Phi) is 3.86. The van der Waals surface area contributed by atoms with Crippen LogP contribution in [0.1, 0.15) is 11.3 Å². The number of piperazine rings is 1. The van der Waals surface area contributed by atoms with Gasteiger partial charge in [-0.2, -0.15) is 5.10 Å². The lowest BCUT2D eigenvalue weighted by Crippen LogP contribution is -2.46. The maximum Gasteiger partial charge on any atom is 0.231 e. The molecule has 8 nitrogen and oxygen atoms in total. The number of nitrogens with zero attached hydrogens (tertiary/aromatic N) is 6. The van der Waals surface area contributed by atoms with Gasteiger partial charge in [-0.1, -0.05) is 6.07 Å². The van der Waals surface area contributed by atoms with E-state index in [0.29, 0.717) is 6.79 Å². The molecule has 0 saturated carbocycles. The van der Waals surface area contributed by atoms with Crippen LogP contribution in [0.2, 0.25) is 0 Å². The molecular formula is C19H22N6O2. The van der Waals surface area contributed by atoms with Gasteiger partial charge >= 0.3 is 0 Å². The van der Waals surface area contributed by atoms with Gasteiger partial charge in [0.15, 0.2) is 17.1 Å². The molecule has 1 aromatic carbocycles. The van der Waals surface area contributed by atoms with Crippen molar-refractivity contribution in [2.24, 2.45) is 7.05 Å². The van der Waals surface area contributed by atoms with Gasteiger partial charge in [0, 0.05) is 39.8 Å². The minimum atomic E-state index is 0.318. The normalized spacial score (nSPS) is 17.0. The summed E-state index contributed by atoms with van der Waals surface area (Å²) in [5.41, 5.74) is 3.12. The number of aryl methyl sites for hydroxylation is 2. The Balaban J connectivity index is 1.29. The quantitative estimate of drug-likeness (QED) is 0.699. The number of ether oxygens (including phenoxy) is 2. The van der Waals surface area contributed by atoms with Crippen molar-refractivity contribution in [1.82, 2.24) is 24.6 Å². The average molecular weight is 366 g/mol. The van der Waals surface area contributed by atoms with Gasteiger partial charge in [-0.3, -0.25) is 9.58 Å². The van der Waals surface area contributed by atoms with E-state index in [2.05, 4.69) is 37.0 Å². The third kappa shape index (κ3) is 2.86. The first-order chi connectivity index (χ1) is 13.2. The molecule has 0 atom stereocenters. The Morgan fingerprint density at radius 1 is 1.04 bits per heavy atom. The van der Waals surface area contributed by atoms with Crippen LogP contribution in [-0.4, -0.2) is 57.6 Å². The molecule has 0 bridgehead atoms. The van der Waals surface area contributed by atoms with Gasteiger partial charge in [-0.05, 0) is 24.6 Å². The summed E-state index contributed by atoms with van der Waals surface area (Å²) in [7, 11) is 1.93. The van der Waals surface area contributed by atoms with Gasteiger partial charge in [0.1, 0.15) is 12.1 Å². The van der Waals surface area contributed by atoms with Gasteiger partial charge in [-0.25, -0.2) is 9.97 Å². The van der Waals surface area contributed by atoms with Crippen LogP contribution in [0.25, 0.3) is 11.0 Å². The summed E-state index contributed by atoms with van der Waals surface area (Å²) >= 11 is 0. The molecule has 4 heterocycles. The first-order valence-corrected chi connectivity index (χ1v) is 9.19. The number of rotatable bonds is 3. The van der Waals surface area contributed by atoms with Crippen molar-refractivity contribution in [2.75, 3.05) is 37.9 Å². The molecule has 0 unspecified atom stereocenters. The van der Waals surface area contributed by atoms with Crippen molar-refractivity contribution in [2.45, 2.75) is 13.5 Å². The third-order valence-corrected chi connectivity index (χ3v) is 5.29. The fourth-order valence-electron chi connectivity index (χ4n) is 3.91. The summed E-state index contributed by atoms with van der Waals surface area (Å²) in [6.07, 6.45) is 1.64. The molecule has 2 aliphatic heterocycles. The molecule has 27 heavy (non-hydrogen) atoms. The van der Waals surface area contributed by atoms with Crippen molar-refractivity contribution in [3.63, 3.8) is 0 Å². The fraction of sp³-hybridized carbons (Fsp3) is 0.421. The predicted octanol–water partition coefficient (Wildman–Crippen LogP) is 1.72. The highest BCUT2D eigenvalue weighted by molar-refractivity contribution is 5.89. The van der Waals surface area contributed by atoms with E-state index >= 15 is 0 Å². The van der Waals surface area contributed by atoms with E-state index in [1.165, 1.54) is 5.56 Å². The molecule has 140 valence electrons. The van der Waals surface area contributed by atoms with Crippen LogP contribution in [0.5, 0.6) is 11.5 Å². The Hall–Kier alpha value is -2.87. The van der Waals surface area contributed by atoms with E-state index in [-0.39, 0.29) is 0 Å². The van der Waals surface area contributed by atoms with Crippen LogP contribution < -0.4 is 14.4 Å². The van der Waals surface area contributed by atoms with Gasteiger partial charge < -0.3 is 14.4 Å².